The molecule has 1 amide bonds. The number of para-hydroxylation sites is 1. The van der Waals surface area contributed by atoms with Gasteiger partial charge in [-0.3, -0.25) is 9.48 Å². The molecule has 0 saturated carbocycles. The van der Waals surface area contributed by atoms with E-state index in [2.05, 4.69) is 27.9 Å². The van der Waals surface area contributed by atoms with Gasteiger partial charge in [-0.2, -0.15) is 5.10 Å². The molecule has 2 aromatic carbocycles. The minimum absolute atomic E-state index is 0.0156. The van der Waals surface area contributed by atoms with Crippen molar-refractivity contribution in [2.24, 2.45) is 7.05 Å². The number of fused-ring (bicyclic) bond motifs is 1. The zero-order valence-corrected chi connectivity index (χ0v) is 15.5. The first-order chi connectivity index (χ1) is 13.1. The highest BCUT2D eigenvalue weighted by Crippen LogP contribution is 2.24. The Kier molecular flexibility index (Phi) is 4.50. The summed E-state index contributed by atoms with van der Waals surface area (Å²) in [6.45, 7) is 1.27. The summed E-state index contributed by atoms with van der Waals surface area (Å²) in [5, 5.41) is 5.16. The number of rotatable bonds is 5. The molecule has 0 aliphatic rings. The van der Waals surface area contributed by atoms with Crippen LogP contribution in [0.3, 0.4) is 0 Å². The largest absolute Gasteiger partial charge is 0.342 e. The van der Waals surface area contributed by atoms with Crippen molar-refractivity contribution in [2.75, 3.05) is 7.05 Å². The fourth-order valence-corrected chi connectivity index (χ4v) is 3.43. The molecule has 4 rings (SSSR count). The molecule has 5 heteroatoms. The Bertz CT molecular complexity index is 1080. The molecule has 0 unspecified atom stereocenters. The molecule has 2 aromatic heterocycles. The number of aromatic nitrogens is 3. The fraction of sp³-hybridized carbons (Fsp3) is 0.182. The lowest BCUT2D eigenvalue weighted by Gasteiger charge is -2.15. The van der Waals surface area contributed by atoms with Crippen LogP contribution < -0.4 is 0 Å². The third kappa shape index (κ3) is 3.49. The van der Waals surface area contributed by atoms with Gasteiger partial charge in [0.05, 0.1) is 11.8 Å². The van der Waals surface area contributed by atoms with Crippen LogP contribution in [0.25, 0.3) is 10.9 Å². The second-order valence-electron chi connectivity index (χ2n) is 6.86. The predicted octanol–water partition coefficient (Wildman–Crippen LogP) is 3.70. The summed E-state index contributed by atoms with van der Waals surface area (Å²) >= 11 is 0. The molecule has 2 heterocycles. The summed E-state index contributed by atoms with van der Waals surface area (Å²) in [4.78, 5) is 14.9. The number of hydrogen-bond acceptors (Lipinski definition) is 2. The highest BCUT2D eigenvalue weighted by molar-refractivity contribution is 6.06. The number of amides is 1. The van der Waals surface area contributed by atoms with Gasteiger partial charge in [-0.15, -0.1) is 0 Å². The van der Waals surface area contributed by atoms with Gasteiger partial charge in [0.25, 0.3) is 5.91 Å². The van der Waals surface area contributed by atoms with E-state index in [9.17, 15) is 4.79 Å². The minimum atomic E-state index is 0.0156. The summed E-state index contributed by atoms with van der Waals surface area (Å²) < 4.78 is 3.90. The average molecular weight is 358 g/mol. The number of benzene rings is 2. The van der Waals surface area contributed by atoms with E-state index < -0.39 is 0 Å². The van der Waals surface area contributed by atoms with E-state index in [0.29, 0.717) is 6.54 Å². The molecule has 136 valence electrons. The second-order valence-corrected chi connectivity index (χ2v) is 6.86. The van der Waals surface area contributed by atoms with Gasteiger partial charge in [-0.1, -0.05) is 48.5 Å². The Hall–Kier alpha value is -3.34. The van der Waals surface area contributed by atoms with Crippen LogP contribution in [0.15, 0.2) is 73.2 Å². The van der Waals surface area contributed by atoms with Crippen LogP contribution in [0.2, 0.25) is 0 Å². The molecule has 5 nitrogen and oxygen atoms in total. The third-order valence-electron chi connectivity index (χ3n) is 4.74. The summed E-state index contributed by atoms with van der Waals surface area (Å²) in [7, 11) is 3.71. The van der Waals surface area contributed by atoms with Gasteiger partial charge in [0.2, 0.25) is 0 Å². The molecule has 0 saturated heterocycles. The lowest BCUT2D eigenvalue weighted by atomic mass is 10.1. The van der Waals surface area contributed by atoms with E-state index in [1.54, 1.807) is 15.8 Å². The molecule has 0 fully saturated rings. The highest BCUT2D eigenvalue weighted by atomic mass is 16.2. The molecule has 0 atom stereocenters. The van der Waals surface area contributed by atoms with Crippen molar-refractivity contribution in [1.82, 2.24) is 19.2 Å². The third-order valence-corrected chi connectivity index (χ3v) is 4.74. The Morgan fingerprint density at radius 1 is 1.00 bits per heavy atom. The van der Waals surface area contributed by atoms with Crippen molar-refractivity contribution in [3.63, 3.8) is 0 Å². The number of aryl methyl sites for hydroxylation is 1. The van der Waals surface area contributed by atoms with E-state index in [0.717, 1.165) is 28.6 Å². The second kappa shape index (κ2) is 7.11. The first-order valence-electron chi connectivity index (χ1n) is 8.96. The molecule has 27 heavy (non-hydrogen) atoms. The summed E-state index contributed by atoms with van der Waals surface area (Å²) in [6, 6.07) is 18.4. The van der Waals surface area contributed by atoms with Crippen LogP contribution >= 0.6 is 0 Å². The van der Waals surface area contributed by atoms with E-state index >= 15 is 0 Å². The number of carbonyl (C=O) groups is 1. The Balaban J connectivity index is 1.65. The van der Waals surface area contributed by atoms with Crippen LogP contribution in [0.1, 0.15) is 21.5 Å². The Morgan fingerprint density at radius 3 is 2.48 bits per heavy atom. The molecule has 0 bridgehead atoms. The van der Waals surface area contributed by atoms with Gasteiger partial charge < -0.3 is 9.47 Å². The van der Waals surface area contributed by atoms with Crippen molar-refractivity contribution in [2.45, 2.75) is 13.1 Å². The van der Waals surface area contributed by atoms with Crippen LogP contribution in [0.5, 0.6) is 0 Å². The maximum Gasteiger partial charge on any atom is 0.256 e. The number of nitrogens with zero attached hydrogens (tertiary/aromatic N) is 4. The predicted molar refractivity (Wildman–Crippen MR) is 106 cm³/mol. The van der Waals surface area contributed by atoms with Crippen molar-refractivity contribution >= 4 is 16.8 Å². The van der Waals surface area contributed by atoms with Gasteiger partial charge in [0, 0.05) is 56.0 Å². The van der Waals surface area contributed by atoms with Gasteiger partial charge in [0.1, 0.15) is 0 Å². The molecule has 0 spiro atoms. The lowest BCUT2D eigenvalue weighted by molar-refractivity contribution is 0.0787. The van der Waals surface area contributed by atoms with Crippen molar-refractivity contribution in [3.05, 3.63) is 89.9 Å². The molecule has 4 aromatic rings. The van der Waals surface area contributed by atoms with Crippen LogP contribution in [0.4, 0.5) is 0 Å². The molecule has 0 aliphatic heterocycles. The Morgan fingerprint density at radius 2 is 1.74 bits per heavy atom. The maximum absolute atomic E-state index is 13.1. The van der Waals surface area contributed by atoms with Crippen LogP contribution in [-0.2, 0) is 20.1 Å². The zero-order valence-electron chi connectivity index (χ0n) is 15.5. The van der Waals surface area contributed by atoms with Gasteiger partial charge in [-0.05, 0) is 11.6 Å². The van der Waals surface area contributed by atoms with E-state index in [4.69, 9.17) is 0 Å². The normalized spacial score (nSPS) is 11.0. The highest BCUT2D eigenvalue weighted by Gasteiger charge is 2.19. The zero-order chi connectivity index (χ0) is 18.8. The van der Waals surface area contributed by atoms with Gasteiger partial charge in [0.15, 0.2) is 0 Å². The first-order valence-corrected chi connectivity index (χ1v) is 8.96. The van der Waals surface area contributed by atoms with E-state index in [1.165, 1.54) is 5.56 Å². The fourth-order valence-electron chi connectivity index (χ4n) is 3.43. The monoisotopic (exact) mass is 358 g/mol. The smallest absolute Gasteiger partial charge is 0.256 e. The maximum atomic E-state index is 13.1. The molecular formula is C22H22N4O. The average Bonchev–Trinajstić information content (AvgIpc) is 3.26. The molecule has 0 aliphatic carbocycles. The number of carbonyl (C=O) groups excluding carboxylic acids is 1. The molecule has 0 N–H and O–H groups in total. The summed E-state index contributed by atoms with van der Waals surface area (Å²) in [5.74, 6) is 0.0156. The van der Waals surface area contributed by atoms with Crippen molar-refractivity contribution in [1.29, 1.82) is 0 Å². The minimum Gasteiger partial charge on any atom is -0.342 e. The van der Waals surface area contributed by atoms with Crippen molar-refractivity contribution < 1.29 is 4.79 Å². The van der Waals surface area contributed by atoms with E-state index in [1.807, 2.05) is 62.9 Å². The van der Waals surface area contributed by atoms with Gasteiger partial charge >= 0.3 is 0 Å². The van der Waals surface area contributed by atoms with Gasteiger partial charge in [-0.25, -0.2) is 0 Å². The van der Waals surface area contributed by atoms with Crippen molar-refractivity contribution in [3.8, 4) is 0 Å². The SMILES string of the molecule is CN(Cc1cnn(C)c1)C(=O)c1cn(Cc2ccccc2)c2ccccc12. The standard InChI is InChI=1S/C22H22N4O/c1-24(13-18-12-23-25(2)14-18)22(27)20-16-26(15-17-8-4-3-5-9-17)21-11-7-6-10-19(20)21/h3-12,14,16H,13,15H2,1-2H3. The topological polar surface area (TPSA) is 43.1 Å². The first kappa shape index (κ1) is 17.1. The lowest BCUT2D eigenvalue weighted by Crippen LogP contribution is -2.25. The Labute approximate surface area is 158 Å². The van der Waals surface area contributed by atoms with Crippen LogP contribution in [0, 0.1) is 0 Å². The quantitative estimate of drug-likeness (QED) is 0.546. The van der Waals surface area contributed by atoms with Crippen LogP contribution in [-0.4, -0.2) is 32.2 Å². The van der Waals surface area contributed by atoms with E-state index in [-0.39, 0.29) is 5.91 Å². The molecule has 0 radical (unpaired) electrons. The molecular weight excluding hydrogens is 336 g/mol. The summed E-state index contributed by atoms with van der Waals surface area (Å²) in [5.41, 5.74) is 4.02. The summed E-state index contributed by atoms with van der Waals surface area (Å²) in [6.07, 6.45) is 5.70. The number of hydrogen-bond donors (Lipinski definition) is 0.